The number of nitrogens with zero attached hydrogens (tertiary/aromatic N) is 2. The van der Waals surface area contributed by atoms with Crippen LogP contribution in [0.15, 0.2) is 15.9 Å². The summed E-state index contributed by atoms with van der Waals surface area (Å²) in [7, 11) is 0. The summed E-state index contributed by atoms with van der Waals surface area (Å²) in [4.78, 5) is 12.6. The Hall–Kier alpha value is -0.790. The van der Waals surface area contributed by atoms with Gasteiger partial charge in [0, 0.05) is 5.92 Å². The highest BCUT2D eigenvalue weighted by Gasteiger charge is 2.15. The molecule has 1 amide bonds. The van der Waals surface area contributed by atoms with E-state index < -0.39 is 0 Å². The van der Waals surface area contributed by atoms with E-state index in [0.717, 1.165) is 21.6 Å². The Kier molecular flexibility index (Phi) is 5.06. The fourth-order valence-corrected chi connectivity index (χ4v) is 3.97. The molecule has 102 valence electrons. The standard InChI is InChI=1S/C12H14BrN3OS2/c1-3-7(4-2)11-15-16-12(19-11)14-10(17)8-5-6-9(13)18-8/h5-7H,3-4H2,1-2H3,(H,14,16,17). The third kappa shape index (κ3) is 3.61. The first-order valence-corrected chi connectivity index (χ1v) is 8.46. The summed E-state index contributed by atoms with van der Waals surface area (Å²) in [5, 5.41) is 12.5. The molecule has 0 aliphatic heterocycles. The van der Waals surface area contributed by atoms with E-state index in [4.69, 9.17) is 0 Å². The first kappa shape index (κ1) is 14.6. The molecule has 0 fully saturated rings. The monoisotopic (exact) mass is 359 g/mol. The van der Waals surface area contributed by atoms with Crippen LogP contribution in [-0.4, -0.2) is 16.1 Å². The molecule has 2 aromatic heterocycles. The fraction of sp³-hybridized carbons (Fsp3) is 0.417. The average Bonchev–Trinajstić information content (AvgIpc) is 3.00. The van der Waals surface area contributed by atoms with Gasteiger partial charge in [0.05, 0.1) is 8.66 Å². The van der Waals surface area contributed by atoms with Gasteiger partial charge in [0.25, 0.3) is 5.91 Å². The molecule has 0 bridgehead atoms. The zero-order valence-electron chi connectivity index (χ0n) is 10.6. The Morgan fingerprint density at radius 1 is 1.32 bits per heavy atom. The first-order chi connectivity index (χ1) is 9.13. The Morgan fingerprint density at radius 3 is 2.63 bits per heavy atom. The van der Waals surface area contributed by atoms with Crippen molar-refractivity contribution in [3.8, 4) is 0 Å². The number of aromatic nitrogens is 2. The molecule has 0 unspecified atom stereocenters. The van der Waals surface area contributed by atoms with Crippen LogP contribution in [0.3, 0.4) is 0 Å². The Labute approximate surface area is 128 Å². The van der Waals surface area contributed by atoms with E-state index in [0.29, 0.717) is 15.9 Å². The third-order valence-electron chi connectivity index (χ3n) is 2.79. The predicted molar refractivity (Wildman–Crippen MR) is 83.2 cm³/mol. The molecule has 4 nitrogen and oxygen atoms in total. The van der Waals surface area contributed by atoms with Crippen LogP contribution in [0.25, 0.3) is 0 Å². The minimum absolute atomic E-state index is 0.136. The molecule has 0 aromatic carbocycles. The van der Waals surface area contributed by atoms with E-state index in [1.54, 1.807) is 6.07 Å². The maximum Gasteiger partial charge on any atom is 0.267 e. The molecule has 0 saturated carbocycles. The Balaban J connectivity index is 2.06. The highest BCUT2D eigenvalue weighted by Crippen LogP contribution is 2.29. The molecular formula is C12H14BrN3OS2. The van der Waals surface area contributed by atoms with Gasteiger partial charge in [-0.05, 0) is 40.9 Å². The van der Waals surface area contributed by atoms with Crippen LogP contribution in [0.4, 0.5) is 5.13 Å². The van der Waals surface area contributed by atoms with Crippen LogP contribution < -0.4 is 5.32 Å². The van der Waals surface area contributed by atoms with Crippen molar-refractivity contribution in [3.05, 3.63) is 25.8 Å². The number of halogens is 1. The van der Waals surface area contributed by atoms with Crippen molar-refractivity contribution in [1.29, 1.82) is 0 Å². The Bertz CT molecular complexity index is 563. The van der Waals surface area contributed by atoms with Crippen LogP contribution >= 0.6 is 38.6 Å². The van der Waals surface area contributed by atoms with E-state index in [9.17, 15) is 4.79 Å². The number of amides is 1. The van der Waals surface area contributed by atoms with Crippen LogP contribution in [0.1, 0.15) is 47.3 Å². The van der Waals surface area contributed by atoms with Crippen molar-refractivity contribution >= 4 is 49.6 Å². The molecule has 0 aliphatic carbocycles. The summed E-state index contributed by atoms with van der Waals surface area (Å²) in [6.07, 6.45) is 2.08. The van der Waals surface area contributed by atoms with Crippen LogP contribution in [-0.2, 0) is 0 Å². The highest BCUT2D eigenvalue weighted by atomic mass is 79.9. The number of carbonyl (C=O) groups is 1. The van der Waals surface area contributed by atoms with Gasteiger partial charge in [-0.3, -0.25) is 10.1 Å². The van der Waals surface area contributed by atoms with E-state index in [-0.39, 0.29) is 5.91 Å². The maximum atomic E-state index is 12.0. The van der Waals surface area contributed by atoms with Gasteiger partial charge in [-0.2, -0.15) is 0 Å². The average molecular weight is 360 g/mol. The molecular weight excluding hydrogens is 346 g/mol. The molecule has 2 aromatic rings. The molecule has 7 heteroatoms. The number of thiophene rings is 1. The van der Waals surface area contributed by atoms with Gasteiger partial charge in [0.2, 0.25) is 5.13 Å². The quantitative estimate of drug-likeness (QED) is 0.853. The predicted octanol–water partition coefficient (Wildman–Crippen LogP) is 4.52. The summed E-state index contributed by atoms with van der Waals surface area (Å²) >= 11 is 6.20. The number of rotatable bonds is 5. The van der Waals surface area contributed by atoms with Crippen molar-refractivity contribution in [1.82, 2.24) is 10.2 Å². The molecule has 2 heterocycles. The van der Waals surface area contributed by atoms with Crippen molar-refractivity contribution in [2.75, 3.05) is 5.32 Å². The zero-order valence-corrected chi connectivity index (χ0v) is 13.9. The summed E-state index contributed by atoms with van der Waals surface area (Å²) in [6.45, 7) is 4.27. The molecule has 2 rings (SSSR count). The van der Waals surface area contributed by atoms with Gasteiger partial charge in [-0.1, -0.05) is 25.2 Å². The lowest BCUT2D eigenvalue weighted by molar-refractivity contribution is 0.103. The van der Waals surface area contributed by atoms with Crippen molar-refractivity contribution in [3.63, 3.8) is 0 Å². The zero-order chi connectivity index (χ0) is 13.8. The molecule has 0 spiro atoms. The summed E-state index contributed by atoms with van der Waals surface area (Å²) in [5.74, 6) is 0.294. The van der Waals surface area contributed by atoms with E-state index in [1.807, 2.05) is 6.07 Å². The topological polar surface area (TPSA) is 54.9 Å². The lowest BCUT2D eigenvalue weighted by atomic mass is 10.1. The summed E-state index contributed by atoms with van der Waals surface area (Å²) in [6, 6.07) is 3.64. The SMILES string of the molecule is CCC(CC)c1nnc(NC(=O)c2ccc(Br)s2)s1. The second-order valence-corrected chi connectivity index (χ2v) is 7.49. The normalized spacial score (nSPS) is 10.9. The lowest BCUT2D eigenvalue weighted by Gasteiger charge is -2.05. The number of nitrogens with one attached hydrogen (secondary N) is 1. The smallest absolute Gasteiger partial charge is 0.267 e. The van der Waals surface area contributed by atoms with Gasteiger partial charge >= 0.3 is 0 Å². The van der Waals surface area contributed by atoms with E-state index in [2.05, 4.69) is 45.3 Å². The highest BCUT2D eigenvalue weighted by molar-refractivity contribution is 9.11. The van der Waals surface area contributed by atoms with Crippen LogP contribution in [0, 0.1) is 0 Å². The second kappa shape index (κ2) is 6.58. The summed E-state index contributed by atoms with van der Waals surface area (Å²) in [5.41, 5.74) is 0. The Morgan fingerprint density at radius 2 is 2.05 bits per heavy atom. The number of hydrogen-bond acceptors (Lipinski definition) is 5. The van der Waals surface area contributed by atoms with Crippen molar-refractivity contribution < 1.29 is 4.79 Å². The maximum absolute atomic E-state index is 12.0. The van der Waals surface area contributed by atoms with Crippen LogP contribution in [0.2, 0.25) is 0 Å². The molecule has 0 aliphatic rings. The van der Waals surface area contributed by atoms with Crippen LogP contribution in [0.5, 0.6) is 0 Å². The first-order valence-electron chi connectivity index (χ1n) is 6.04. The fourth-order valence-electron chi connectivity index (χ4n) is 1.68. The van der Waals surface area contributed by atoms with Crippen molar-refractivity contribution in [2.24, 2.45) is 0 Å². The van der Waals surface area contributed by atoms with E-state index in [1.165, 1.54) is 22.7 Å². The van der Waals surface area contributed by atoms with Gasteiger partial charge in [0.15, 0.2) is 0 Å². The van der Waals surface area contributed by atoms with Gasteiger partial charge in [0.1, 0.15) is 5.01 Å². The van der Waals surface area contributed by atoms with Crippen molar-refractivity contribution in [2.45, 2.75) is 32.6 Å². The summed E-state index contributed by atoms with van der Waals surface area (Å²) < 4.78 is 0.938. The van der Waals surface area contributed by atoms with E-state index >= 15 is 0 Å². The van der Waals surface area contributed by atoms with Gasteiger partial charge < -0.3 is 0 Å². The van der Waals surface area contributed by atoms with Gasteiger partial charge in [-0.15, -0.1) is 21.5 Å². The minimum atomic E-state index is -0.136. The molecule has 0 atom stereocenters. The molecule has 0 radical (unpaired) electrons. The number of anilines is 1. The number of carbonyl (C=O) groups excluding carboxylic acids is 1. The molecule has 0 saturated heterocycles. The minimum Gasteiger partial charge on any atom is -0.296 e. The lowest BCUT2D eigenvalue weighted by Crippen LogP contribution is -2.09. The number of hydrogen-bond donors (Lipinski definition) is 1. The largest absolute Gasteiger partial charge is 0.296 e. The third-order valence-corrected chi connectivity index (χ3v) is 5.42. The molecule has 1 N–H and O–H groups in total. The molecule has 19 heavy (non-hydrogen) atoms. The van der Waals surface area contributed by atoms with Gasteiger partial charge in [-0.25, -0.2) is 0 Å². The second-order valence-electron chi connectivity index (χ2n) is 4.02.